The highest BCUT2D eigenvalue weighted by Gasteiger charge is 2.07. The highest BCUT2D eigenvalue weighted by molar-refractivity contribution is 6.04. The molecule has 0 spiro atoms. The minimum absolute atomic E-state index is 0.182. The molecule has 0 bridgehead atoms. The maximum atomic E-state index is 12.3. The largest absolute Gasteiger partial charge is 0.493 e. The molecule has 0 aliphatic rings. The lowest BCUT2D eigenvalue weighted by atomic mass is 10.1. The number of nitrogens with zero attached hydrogens (tertiary/aromatic N) is 1. The molecule has 6 heteroatoms. The number of benzene rings is 2. The topological polar surface area (TPSA) is 72.5 Å². The van der Waals surface area contributed by atoms with Gasteiger partial charge in [-0.05, 0) is 55.3 Å². The Balaban J connectivity index is 1.52. The number of nitrogens with one attached hydrogen (secondary N) is 2. The smallest absolute Gasteiger partial charge is 0.257 e. The summed E-state index contributed by atoms with van der Waals surface area (Å²) in [6.07, 6.45) is 2.37. The molecule has 2 aromatic carbocycles. The van der Waals surface area contributed by atoms with Crippen molar-refractivity contribution in [2.75, 3.05) is 31.4 Å². The van der Waals surface area contributed by atoms with Gasteiger partial charge < -0.3 is 20.1 Å². The predicted octanol–water partition coefficient (Wildman–Crippen LogP) is 4.31. The zero-order valence-corrected chi connectivity index (χ0v) is 16.9. The van der Waals surface area contributed by atoms with E-state index in [1.54, 1.807) is 32.5 Å². The SMILES string of the molecule is COc1ccc(CCNc2ccc(C(=O)Nc3ccc(C)cc3)cn2)cc1OC. The maximum absolute atomic E-state index is 12.3. The number of hydrogen-bond donors (Lipinski definition) is 2. The van der Waals surface area contributed by atoms with Gasteiger partial charge in [-0.15, -0.1) is 0 Å². The molecule has 150 valence electrons. The zero-order chi connectivity index (χ0) is 20.6. The number of carbonyl (C=O) groups is 1. The van der Waals surface area contributed by atoms with Crippen LogP contribution in [0.4, 0.5) is 11.5 Å². The van der Waals surface area contributed by atoms with Crippen molar-refractivity contribution in [3.63, 3.8) is 0 Å². The van der Waals surface area contributed by atoms with Crippen molar-refractivity contribution in [2.24, 2.45) is 0 Å². The van der Waals surface area contributed by atoms with Crippen molar-refractivity contribution in [1.29, 1.82) is 0 Å². The molecule has 2 N–H and O–H groups in total. The Bertz CT molecular complexity index is 954. The van der Waals surface area contributed by atoms with Crippen molar-refractivity contribution in [2.45, 2.75) is 13.3 Å². The number of anilines is 2. The maximum Gasteiger partial charge on any atom is 0.257 e. The fraction of sp³-hybridized carbons (Fsp3) is 0.217. The Kier molecular flexibility index (Phi) is 6.68. The summed E-state index contributed by atoms with van der Waals surface area (Å²) in [5.41, 5.74) is 3.55. The van der Waals surface area contributed by atoms with Crippen molar-refractivity contribution in [3.8, 4) is 11.5 Å². The van der Waals surface area contributed by atoms with Crippen LogP contribution in [0.15, 0.2) is 60.8 Å². The Morgan fingerprint density at radius 1 is 0.966 bits per heavy atom. The van der Waals surface area contributed by atoms with E-state index in [0.717, 1.165) is 29.1 Å². The first-order valence-corrected chi connectivity index (χ1v) is 9.38. The number of ether oxygens (including phenoxy) is 2. The van der Waals surface area contributed by atoms with Crippen LogP contribution in [0.2, 0.25) is 0 Å². The normalized spacial score (nSPS) is 10.3. The molecule has 0 saturated carbocycles. The first kappa shape index (κ1) is 20.2. The average molecular weight is 391 g/mol. The number of amides is 1. The van der Waals surface area contributed by atoms with Crippen LogP contribution in [0.25, 0.3) is 0 Å². The molecular weight excluding hydrogens is 366 g/mol. The number of pyridine rings is 1. The van der Waals surface area contributed by atoms with Crippen molar-refractivity contribution < 1.29 is 14.3 Å². The molecule has 0 aliphatic heterocycles. The number of methoxy groups -OCH3 is 2. The fourth-order valence-corrected chi connectivity index (χ4v) is 2.84. The molecular formula is C23H25N3O3. The van der Waals surface area contributed by atoms with Gasteiger partial charge in [0.15, 0.2) is 11.5 Å². The minimum atomic E-state index is -0.182. The van der Waals surface area contributed by atoms with Gasteiger partial charge >= 0.3 is 0 Å². The van der Waals surface area contributed by atoms with Crippen LogP contribution >= 0.6 is 0 Å². The molecule has 0 aliphatic carbocycles. The summed E-state index contributed by atoms with van der Waals surface area (Å²) in [5, 5.41) is 6.13. The van der Waals surface area contributed by atoms with E-state index in [1.165, 1.54) is 0 Å². The average Bonchev–Trinajstić information content (AvgIpc) is 2.75. The lowest BCUT2D eigenvalue weighted by Crippen LogP contribution is -2.13. The van der Waals surface area contributed by atoms with Crippen LogP contribution in [-0.4, -0.2) is 31.7 Å². The van der Waals surface area contributed by atoms with Gasteiger partial charge in [0.2, 0.25) is 0 Å². The summed E-state index contributed by atoms with van der Waals surface area (Å²) in [4.78, 5) is 16.7. The minimum Gasteiger partial charge on any atom is -0.493 e. The summed E-state index contributed by atoms with van der Waals surface area (Å²) in [7, 11) is 3.25. The van der Waals surface area contributed by atoms with E-state index in [1.807, 2.05) is 49.4 Å². The van der Waals surface area contributed by atoms with E-state index >= 15 is 0 Å². The second-order valence-electron chi connectivity index (χ2n) is 6.62. The monoisotopic (exact) mass is 391 g/mol. The molecule has 1 heterocycles. The lowest BCUT2D eigenvalue weighted by Gasteiger charge is -2.10. The molecule has 3 rings (SSSR count). The van der Waals surface area contributed by atoms with E-state index in [0.29, 0.717) is 23.6 Å². The van der Waals surface area contributed by atoms with Crippen LogP contribution in [0.1, 0.15) is 21.5 Å². The summed E-state index contributed by atoms with van der Waals surface area (Å²) in [6, 6.07) is 17.1. The standard InChI is InChI=1S/C23H25N3O3/c1-16-4-8-19(9-5-16)26-23(27)18-7-11-22(25-15-18)24-13-12-17-6-10-20(28-2)21(14-17)29-3/h4-11,14-15H,12-13H2,1-3H3,(H,24,25)(H,26,27). The Morgan fingerprint density at radius 3 is 2.38 bits per heavy atom. The quantitative estimate of drug-likeness (QED) is 0.598. The van der Waals surface area contributed by atoms with Crippen LogP contribution in [-0.2, 0) is 6.42 Å². The second-order valence-corrected chi connectivity index (χ2v) is 6.62. The summed E-state index contributed by atoms with van der Waals surface area (Å²) in [6.45, 7) is 2.71. The second kappa shape index (κ2) is 9.59. The Hall–Kier alpha value is -3.54. The fourth-order valence-electron chi connectivity index (χ4n) is 2.84. The third-order valence-electron chi connectivity index (χ3n) is 4.50. The van der Waals surface area contributed by atoms with Crippen LogP contribution in [0, 0.1) is 6.92 Å². The molecule has 29 heavy (non-hydrogen) atoms. The molecule has 1 amide bonds. The molecule has 0 fully saturated rings. The highest BCUT2D eigenvalue weighted by atomic mass is 16.5. The van der Waals surface area contributed by atoms with Gasteiger partial charge in [-0.3, -0.25) is 4.79 Å². The van der Waals surface area contributed by atoms with Crippen LogP contribution < -0.4 is 20.1 Å². The number of hydrogen-bond acceptors (Lipinski definition) is 5. The van der Waals surface area contributed by atoms with Crippen molar-refractivity contribution in [3.05, 3.63) is 77.5 Å². The number of aromatic nitrogens is 1. The summed E-state index contributed by atoms with van der Waals surface area (Å²) >= 11 is 0. The zero-order valence-electron chi connectivity index (χ0n) is 16.9. The van der Waals surface area contributed by atoms with E-state index in [9.17, 15) is 4.79 Å². The first-order valence-electron chi connectivity index (χ1n) is 9.38. The van der Waals surface area contributed by atoms with Gasteiger partial charge in [0, 0.05) is 18.4 Å². The van der Waals surface area contributed by atoms with E-state index in [-0.39, 0.29) is 5.91 Å². The van der Waals surface area contributed by atoms with Crippen LogP contribution in [0.3, 0.4) is 0 Å². The molecule has 0 saturated heterocycles. The van der Waals surface area contributed by atoms with E-state index in [2.05, 4.69) is 15.6 Å². The van der Waals surface area contributed by atoms with E-state index < -0.39 is 0 Å². The number of carbonyl (C=O) groups excluding carboxylic acids is 1. The Labute approximate surface area is 170 Å². The summed E-state index contributed by atoms with van der Waals surface area (Å²) in [5.74, 6) is 1.97. The van der Waals surface area contributed by atoms with Crippen molar-refractivity contribution in [1.82, 2.24) is 4.98 Å². The molecule has 0 radical (unpaired) electrons. The van der Waals surface area contributed by atoms with E-state index in [4.69, 9.17) is 9.47 Å². The molecule has 0 atom stereocenters. The lowest BCUT2D eigenvalue weighted by molar-refractivity contribution is 0.102. The predicted molar refractivity (Wildman–Crippen MR) is 115 cm³/mol. The highest BCUT2D eigenvalue weighted by Crippen LogP contribution is 2.27. The molecule has 1 aromatic heterocycles. The van der Waals surface area contributed by atoms with Gasteiger partial charge in [-0.25, -0.2) is 4.98 Å². The van der Waals surface area contributed by atoms with Gasteiger partial charge in [0.05, 0.1) is 19.8 Å². The third-order valence-corrected chi connectivity index (χ3v) is 4.50. The Morgan fingerprint density at radius 2 is 1.72 bits per heavy atom. The first-order chi connectivity index (χ1) is 14.1. The molecule has 0 unspecified atom stereocenters. The van der Waals surface area contributed by atoms with Gasteiger partial charge in [0.1, 0.15) is 5.82 Å². The molecule has 6 nitrogen and oxygen atoms in total. The van der Waals surface area contributed by atoms with Gasteiger partial charge in [-0.2, -0.15) is 0 Å². The van der Waals surface area contributed by atoms with Gasteiger partial charge in [-0.1, -0.05) is 23.8 Å². The summed E-state index contributed by atoms with van der Waals surface area (Å²) < 4.78 is 10.6. The van der Waals surface area contributed by atoms with Gasteiger partial charge in [0.25, 0.3) is 5.91 Å². The number of rotatable bonds is 8. The van der Waals surface area contributed by atoms with Crippen molar-refractivity contribution >= 4 is 17.4 Å². The third kappa shape index (κ3) is 5.48. The molecule has 3 aromatic rings. The number of aryl methyl sites for hydroxylation is 1. The van der Waals surface area contributed by atoms with Crippen LogP contribution in [0.5, 0.6) is 11.5 Å².